The number of H-pyrrole nitrogens is 1. The van der Waals surface area contributed by atoms with Gasteiger partial charge in [0, 0.05) is 6.54 Å². The fourth-order valence-corrected chi connectivity index (χ4v) is 3.08. The summed E-state index contributed by atoms with van der Waals surface area (Å²) in [6.07, 6.45) is 2.94. The lowest BCUT2D eigenvalue weighted by Crippen LogP contribution is -2.43. The van der Waals surface area contributed by atoms with Gasteiger partial charge in [0.2, 0.25) is 0 Å². The van der Waals surface area contributed by atoms with Crippen molar-refractivity contribution in [3.8, 4) is 0 Å². The molecule has 2 heterocycles. The number of aromatic amines is 1. The molecule has 1 atom stereocenters. The van der Waals surface area contributed by atoms with Crippen LogP contribution in [-0.2, 0) is 9.59 Å². The summed E-state index contributed by atoms with van der Waals surface area (Å²) in [7, 11) is 0. The van der Waals surface area contributed by atoms with Crippen LogP contribution in [0.4, 0.5) is 11.5 Å². The van der Waals surface area contributed by atoms with Crippen molar-refractivity contribution in [2.24, 2.45) is 5.92 Å². The van der Waals surface area contributed by atoms with Gasteiger partial charge in [0.15, 0.2) is 0 Å². The van der Waals surface area contributed by atoms with Gasteiger partial charge in [-0.2, -0.15) is 5.10 Å². The summed E-state index contributed by atoms with van der Waals surface area (Å²) in [6, 6.07) is 9.40. The maximum absolute atomic E-state index is 13.0. The second kappa shape index (κ2) is 8.08. The third-order valence-electron chi connectivity index (χ3n) is 4.53. The van der Waals surface area contributed by atoms with E-state index in [9.17, 15) is 9.59 Å². The number of pyridine rings is 1. The van der Waals surface area contributed by atoms with Crippen LogP contribution in [0.5, 0.6) is 0 Å². The summed E-state index contributed by atoms with van der Waals surface area (Å²) in [4.78, 5) is 31.3. The molecule has 3 aromatic rings. The largest absolute Gasteiger partial charge is 0.383 e. The van der Waals surface area contributed by atoms with E-state index in [2.05, 4.69) is 20.5 Å². The van der Waals surface area contributed by atoms with E-state index in [0.29, 0.717) is 29.0 Å². The number of benzene rings is 1. The SMILES string of the molecule is CC(C)CN(C(=O)C(=O)Nc1cnc(N)c2cn[nH]c12)C(C)c1ccccc1. The number of amides is 2. The van der Waals surface area contributed by atoms with Crippen LogP contribution in [0.25, 0.3) is 10.9 Å². The number of fused-ring (bicyclic) bond motifs is 1. The van der Waals surface area contributed by atoms with Crippen LogP contribution in [0, 0.1) is 5.92 Å². The lowest BCUT2D eigenvalue weighted by Gasteiger charge is -2.30. The Bertz CT molecular complexity index is 983. The number of aromatic nitrogens is 3. The molecule has 8 heteroatoms. The summed E-state index contributed by atoms with van der Waals surface area (Å²) in [5.41, 5.74) is 7.66. The minimum Gasteiger partial charge on any atom is -0.383 e. The van der Waals surface area contributed by atoms with Crippen LogP contribution in [0.15, 0.2) is 42.7 Å². The van der Waals surface area contributed by atoms with Crippen LogP contribution in [0.2, 0.25) is 0 Å². The van der Waals surface area contributed by atoms with Gasteiger partial charge in [0.05, 0.1) is 35.0 Å². The van der Waals surface area contributed by atoms with E-state index >= 15 is 0 Å². The van der Waals surface area contributed by atoms with E-state index in [4.69, 9.17) is 5.73 Å². The van der Waals surface area contributed by atoms with Crippen LogP contribution in [-0.4, -0.2) is 38.4 Å². The van der Waals surface area contributed by atoms with Gasteiger partial charge in [-0.05, 0) is 18.4 Å². The topological polar surface area (TPSA) is 117 Å². The van der Waals surface area contributed by atoms with Crippen molar-refractivity contribution in [2.45, 2.75) is 26.8 Å². The number of anilines is 2. The summed E-state index contributed by atoms with van der Waals surface area (Å²) < 4.78 is 0. The number of rotatable bonds is 5. The molecule has 2 amide bonds. The summed E-state index contributed by atoms with van der Waals surface area (Å²) >= 11 is 0. The molecule has 28 heavy (non-hydrogen) atoms. The zero-order chi connectivity index (χ0) is 20.3. The number of nitrogens with one attached hydrogen (secondary N) is 2. The van der Waals surface area contributed by atoms with E-state index in [-0.39, 0.29) is 12.0 Å². The lowest BCUT2D eigenvalue weighted by atomic mass is 10.0. The Morgan fingerprint density at radius 1 is 1.18 bits per heavy atom. The Morgan fingerprint density at radius 3 is 2.57 bits per heavy atom. The Balaban J connectivity index is 1.84. The minimum absolute atomic E-state index is 0.209. The van der Waals surface area contributed by atoms with Gasteiger partial charge in [-0.25, -0.2) is 4.98 Å². The zero-order valence-electron chi connectivity index (χ0n) is 16.1. The second-order valence-corrected chi connectivity index (χ2v) is 7.11. The van der Waals surface area contributed by atoms with Gasteiger partial charge in [-0.3, -0.25) is 14.7 Å². The molecule has 0 saturated carbocycles. The molecule has 0 aliphatic heterocycles. The Morgan fingerprint density at radius 2 is 1.89 bits per heavy atom. The van der Waals surface area contributed by atoms with Gasteiger partial charge >= 0.3 is 11.8 Å². The smallest absolute Gasteiger partial charge is 0.314 e. The Kier molecular flexibility index (Phi) is 5.58. The standard InChI is InChI=1S/C20H24N6O2/c1-12(2)11-26(13(3)14-7-5-4-6-8-14)20(28)19(27)24-16-10-22-18(21)15-9-23-25-17(15)16/h4-10,12-13H,11H2,1-3H3,(H2,21,22)(H,23,25)(H,24,27). The first-order valence-corrected chi connectivity index (χ1v) is 9.13. The van der Waals surface area contributed by atoms with Crippen molar-refractivity contribution in [2.75, 3.05) is 17.6 Å². The molecule has 0 spiro atoms. The van der Waals surface area contributed by atoms with E-state index in [0.717, 1.165) is 5.56 Å². The number of hydrogen-bond donors (Lipinski definition) is 3. The van der Waals surface area contributed by atoms with E-state index in [1.807, 2.05) is 51.1 Å². The van der Waals surface area contributed by atoms with Crippen LogP contribution in [0.1, 0.15) is 32.4 Å². The predicted octanol–water partition coefficient (Wildman–Crippen LogP) is 2.72. The first-order chi connectivity index (χ1) is 13.4. The van der Waals surface area contributed by atoms with Gasteiger partial charge in [-0.1, -0.05) is 44.2 Å². The highest BCUT2D eigenvalue weighted by Crippen LogP contribution is 2.25. The third-order valence-corrected chi connectivity index (χ3v) is 4.53. The van der Waals surface area contributed by atoms with Crippen molar-refractivity contribution in [1.29, 1.82) is 0 Å². The molecule has 8 nitrogen and oxygen atoms in total. The van der Waals surface area contributed by atoms with Gasteiger partial charge < -0.3 is 16.0 Å². The van der Waals surface area contributed by atoms with Crippen LogP contribution < -0.4 is 11.1 Å². The Labute approximate surface area is 163 Å². The van der Waals surface area contributed by atoms with Crippen LogP contribution in [0.3, 0.4) is 0 Å². The number of carbonyl (C=O) groups is 2. The summed E-state index contributed by atoms with van der Waals surface area (Å²) in [5.74, 6) is -0.826. The average molecular weight is 380 g/mol. The molecular formula is C20H24N6O2. The highest BCUT2D eigenvalue weighted by molar-refractivity contribution is 6.40. The molecule has 2 aromatic heterocycles. The molecule has 3 rings (SSSR count). The highest BCUT2D eigenvalue weighted by atomic mass is 16.2. The summed E-state index contributed by atoms with van der Waals surface area (Å²) in [6.45, 7) is 6.39. The van der Waals surface area contributed by atoms with Crippen molar-refractivity contribution >= 4 is 34.2 Å². The van der Waals surface area contributed by atoms with Crippen molar-refractivity contribution in [1.82, 2.24) is 20.1 Å². The molecular weight excluding hydrogens is 356 g/mol. The molecule has 1 aromatic carbocycles. The quantitative estimate of drug-likeness (QED) is 0.588. The number of nitrogen functional groups attached to an aromatic ring is 1. The fourth-order valence-electron chi connectivity index (χ4n) is 3.08. The average Bonchev–Trinajstić information content (AvgIpc) is 3.19. The number of nitrogens with zero attached hydrogens (tertiary/aromatic N) is 3. The van der Waals surface area contributed by atoms with Crippen LogP contribution >= 0.6 is 0 Å². The Hall–Kier alpha value is -3.42. The van der Waals surface area contributed by atoms with Crippen molar-refractivity contribution in [3.05, 3.63) is 48.3 Å². The monoisotopic (exact) mass is 380 g/mol. The molecule has 0 bridgehead atoms. The van der Waals surface area contributed by atoms with Gasteiger partial charge in [0.1, 0.15) is 5.82 Å². The minimum atomic E-state index is -0.731. The molecule has 1 unspecified atom stereocenters. The molecule has 4 N–H and O–H groups in total. The van der Waals surface area contributed by atoms with E-state index < -0.39 is 11.8 Å². The van der Waals surface area contributed by atoms with Gasteiger partial charge in [-0.15, -0.1) is 0 Å². The third kappa shape index (κ3) is 3.95. The molecule has 0 aliphatic rings. The second-order valence-electron chi connectivity index (χ2n) is 7.11. The van der Waals surface area contributed by atoms with E-state index in [1.165, 1.54) is 12.4 Å². The molecule has 146 valence electrons. The van der Waals surface area contributed by atoms with Crippen molar-refractivity contribution in [3.63, 3.8) is 0 Å². The zero-order valence-corrected chi connectivity index (χ0v) is 16.1. The fraction of sp³-hybridized carbons (Fsp3) is 0.300. The first-order valence-electron chi connectivity index (χ1n) is 9.13. The van der Waals surface area contributed by atoms with Gasteiger partial charge in [0.25, 0.3) is 0 Å². The molecule has 0 saturated heterocycles. The van der Waals surface area contributed by atoms with Crippen molar-refractivity contribution < 1.29 is 9.59 Å². The lowest BCUT2D eigenvalue weighted by molar-refractivity contribution is -0.145. The number of carbonyl (C=O) groups excluding carboxylic acids is 2. The first kappa shape index (κ1) is 19.3. The molecule has 0 aliphatic carbocycles. The highest BCUT2D eigenvalue weighted by Gasteiger charge is 2.28. The maximum Gasteiger partial charge on any atom is 0.314 e. The molecule has 0 radical (unpaired) electrons. The number of hydrogen-bond acceptors (Lipinski definition) is 5. The summed E-state index contributed by atoms with van der Waals surface area (Å²) in [5, 5.41) is 9.92. The van der Waals surface area contributed by atoms with E-state index in [1.54, 1.807) is 4.90 Å². The predicted molar refractivity (Wildman–Crippen MR) is 108 cm³/mol. The maximum atomic E-state index is 13.0. The number of nitrogens with two attached hydrogens (primary N) is 1. The molecule has 0 fully saturated rings. The normalized spacial score (nSPS) is 12.1.